The van der Waals surface area contributed by atoms with Crippen LogP contribution in [0, 0.1) is 19.8 Å². The second kappa shape index (κ2) is 12.5. The molecule has 4 rings (SSSR count). The van der Waals surface area contributed by atoms with Crippen LogP contribution in [0.25, 0.3) is 0 Å². The van der Waals surface area contributed by atoms with E-state index >= 15 is 0 Å². The van der Waals surface area contributed by atoms with E-state index in [9.17, 15) is 40.7 Å². The lowest BCUT2D eigenvalue weighted by Crippen LogP contribution is -2.47. The molecular formula is C29H27F6N5O4. The molecule has 0 bridgehead atoms. The fourth-order valence-electron chi connectivity index (χ4n) is 5.03. The van der Waals surface area contributed by atoms with Crippen molar-refractivity contribution in [3.63, 3.8) is 0 Å². The summed E-state index contributed by atoms with van der Waals surface area (Å²) in [6, 6.07) is 9.02. The Hall–Kier alpha value is -4.69. The number of primary amides is 1. The lowest BCUT2D eigenvalue weighted by molar-refractivity contribution is -0.139. The number of aliphatic imine (C=N–C) groups is 1. The van der Waals surface area contributed by atoms with E-state index in [2.05, 4.69) is 20.8 Å². The van der Waals surface area contributed by atoms with Crippen molar-refractivity contribution < 1.29 is 45.2 Å². The molecule has 1 aliphatic rings. The quantitative estimate of drug-likeness (QED) is 0.283. The average Bonchev–Trinajstić information content (AvgIpc) is 3.28. The average molecular weight is 624 g/mol. The molecule has 3 aromatic rings. The Balaban J connectivity index is 1.77. The molecule has 4 N–H and O–H groups in total. The van der Waals surface area contributed by atoms with Crippen LogP contribution < -0.4 is 16.4 Å². The van der Waals surface area contributed by atoms with Crippen molar-refractivity contribution in [1.82, 2.24) is 10.5 Å². The van der Waals surface area contributed by atoms with Crippen LogP contribution in [0.5, 0.6) is 0 Å². The van der Waals surface area contributed by atoms with Gasteiger partial charge < -0.3 is 20.9 Å². The van der Waals surface area contributed by atoms with Gasteiger partial charge in [-0.3, -0.25) is 14.4 Å². The monoisotopic (exact) mass is 623 g/mol. The summed E-state index contributed by atoms with van der Waals surface area (Å²) in [6.07, 6.45) is -12.2. The first-order valence-corrected chi connectivity index (χ1v) is 13.3. The number of nitrogens with zero attached hydrogens (tertiary/aromatic N) is 2. The number of fused-ring (bicyclic) bond motifs is 1. The van der Waals surface area contributed by atoms with Crippen LogP contribution in [-0.4, -0.2) is 40.9 Å². The van der Waals surface area contributed by atoms with E-state index in [0.29, 0.717) is 5.56 Å². The third-order valence-corrected chi connectivity index (χ3v) is 7.17. The van der Waals surface area contributed by atoms with Gasteiger partial charge in [-0.25, -0.2) is 4.99 Å². The number of aryl methyl sites for hydroxylation is 2. The van der Waals surface area contributed by atoms with Crippen LogP contribution in [0.3, 0.4) is 0 Å². The van der Waals surface area contributed by atoms with E-state index in [1.165, 1.54) is 25.1 Å². The summed E-state index contributed by atoms with van der Waals surface area (Å²) in [5.41, 5.74) is 5.84. The van der Waals surface area contributed by atoms with Crippen molar-refractivity contribution in [2.45, 2.75) is 57.5 Å². The molecule has 2 heterocycles. The number of anilines is 1. The number of nitrogens with two attached hydrogens (primary N) is 1. The van der Waals surface area contributed by atoms with Gasteiger partial charge in [-0.1, -0.05) is 35.5 Å². The predicted molar refractivity (Wildman–Crippen MR) is 145 cm³/mol. The SMILES string of the molecule is Cc1cccc2c1NC(=O)C(NC(=O)C(CCCC(F)(F)F)C(C(N)=O)c1conc1C)N=C2c1cccc(C(F)(F)F)c1. The summed E-state index contributed by atoms with van der Waals surface area (Å²) in [4.78, 5) is 43.9. The zero-order valence-electron chi connectivity index (χ0n) is 23.3. The predicted octanol–water partition coefficient (Wildman–Crippen LogP) is 5.16. The van der Waals surface area contributed by atoms with E-state index in [1.54, 1.807) is 19.1 Å². The number of amides is 3. The molecule has 0 saturated heterocycles. The molecule has 9 nitrogen and oxygen atoms in total. The zero-order chi connectivity index (χ0) is 32.4. The third kappa shape index (κ3) is 7.26. The lowest BCUT2D eigenvalue weighted by atomic mass is 9.81. The first-order valence-electron chi connectivity index (χ1n) is 13.3. The van der Waals surface area contributed by atoms with Gasteiger partial charge in [0, 0.05) is 23.1 Å². The van der Waals surface area contributed by atoms with Gasteiger partial charge in [0.2, 0.25) is 18.0 Å². The molecule has 234 valence electrons. The normalized spacial score (nSPS) is 16.7. The minimum Gasteiger partial charge on any atom is -0.369 e. The summed E-state index contributed by atoms with van der Waals surface area (Å²) in [5.74, 6) is -5.95. The number of aromatic nitrogens is 1. The van der Waals surface area contributed by atoms with Crippen LogP contribution in [0.15, 0.2) is 58.2 Å². The van der Waals surface area contributed by atoms with Crippen LogP contribution in [0.2, 0.25) is 0 Å². The maximum absolute atomic E-state index is 13.7. The smallest absolute Gasteiger partial charge is 0.369 e. The topological polar surface area (TPSA) is 140 Å². The fourth-order valence-corrected chi connectivity index (χ4v) is 5.03. The molecule has 0 spiro atoms. The highest BCUT2D eigenvalue weighted by molar-refractivity contribution is 6.20. The van der Waals surface area contributed by atoms with Gasteiger partial charge in [0.1, 0.15) is 6.26 Å². The number of benzodiazepines with no additional fused rings is 1. The maximum atomic E-state index is 13.7. The minimum absolute atomic E-state index is 0.0146. The maximum Gasteiger partial charge on any atom is 0.416 e. The van der Waals surface area contributed by atoms with Gasteiger partial charge in [-0.15, -0.1) is 0 Å². The van der Waals surface area contributed by atoms with Crippen molar-refractivity contribution in [2.75, 3.05) is 5.32 Å². The number of para-hydroxylation sites is 1. The molecule has 0 fully saturated rings. The second-order valence-corrected chi connectivity index (χ2v) is 10.3. The Morgan fingerprint density at radius 3 is 2.41 bits per heavy atom. The van der Waals surface area contributed by atoms with Gasteiger partial charge in [0.15, 0.2) is 0 Å². The molecule has 3 unspecified atom stereocenters. The fraction of sp³-hybridized carbons (Fsp3) is 0.345. The summed E-state index contributed by atoms with van der Waals surface area (Å²) in [7, 11) is 0. The van der Waals surface area contributed by atoms with Crippen molar-refractivity contribution in [1.29, 1.82) is 0 Å². The summed E-state index contributed by atoms with van der Waals surface area (Å²) in [5, 5.41) is 8.66. The number of nitrogens with one attached hydrogen (secondary N) is 2. The highest BCUT2D eigenvalue weighted by Crippen LogP contribution is 2.35. The first kappa shape index (κ1) is 32.2. The summed E-state index contributed by atoms with van der Waals surface area (Å²) >= 11 is 0. The molecule has 1 aromatic heterocycles. The highest BCUT2D eigenvalue weighted by Gasteiger charge is 2.39. The Kier molecular flexibility index (Phi) is 9.16. The minimum atomic E-state index is -4.69. The van der Waals surface area contributed by atoms with Crippen molar-refractivity contribution in [2.24, 2.45) is 16.6 Å². The zero-order valence-corrected chi connectivity index (χ0v) is 23.3. The molecule has 0 aliphatic carbocycles. The number of benzene rings is 2. The van der Waals surface area contributed by atoms with Gasteiger partial charge in [-0.05, 0) is 44.4 Å². The molecule has 0 saturated carbocycles. The summed E-state index contributed by atoms with van der Waals surface area (Å²) in [6.45, 7) is 3.10. The first-order chi connectivity index (χ1) is 20.6. The van der Waals surface area contributed by atoms with Gasteiger partial charge >= 0.3 is 12.4 Å². The van der Waals surface area contributed by atoms with E-state index in [-0.39, 0.29) is 33.8 Å². The molecule has 44 heavy (non-hydrogen) atoms. The molecule has 2 aromatic carbocycles. The van der Waals surface area contributed by atoms with Gasteiger partial charge in [-0.2, -0.15) is 26.3 Å². The van der Waals surface area contributed by atoms with E-state index in [1.807, 2.05) is 0 Å². The van der Waals surface area contributed by atoms with Crippen LogP contribution in [0.4, 0.5) is 32.0 Å². The van der Waals surface area contributed by atoms with Crippen molar-refractivity contribution in [3.8, 4) is 0 Å². The van der Waals surface area contributed by atoms with Crippen LogP contribution >= 0.6 is 0 Å². The molecular weight excluding hydrogens is 596 g/mol. The number of carbonyl (C=O) groups is 3. The number of rotatable bonds is 9. The number of hydrogen-bond donors (Lipinski definition) is 3. The Morgan fingerprint density at radius 1 is 1.09 bits per heavy atom. The Labute approximate surface area is 246 Å². The van der Waals surface area contributed by atoms with Gasteiger partial charge in [0.25, 0.3) is 5.91 Å². The molecule has 3 atom stereocenters. The van der Waals surface area contributed by atoms with E-state index < -0.39 is 72.9 Å². The van der Waals surface area contributed by atoms with Gasteiger partial charge in [0.05, 0.1) is 34.5 Å². The largest absolute Gasteiger partial charge is 0.416 e. The van der Waals surface area contributed by atoms with Crippen LogP contribution in [-0.2, 0) is 20.6 Å². The number of carbonyl (C=O) groups excluding carboxylic acids is 3. The molecule has 3 amide bonds. The lowest BCUT2D eigenvalue weighted by Gasteiger charge is -2.25. The third-order valence-electron chi connectivity index (χ3n) is 7.17. The standard InChI is InChI=1S/C29H27F6N5O4/c1-14-6-3-9-19-22(14)38-27(43)25(37-23(19)16-7-4-8-17(12-16)29(33,34)35)39-26(42)18(10-5-11-28(30,31)32)21(24(36)41)20-13-44-40-15(20)2/h3-4,6-9,12-13,18,21,25H,5,10-11H2,1-2H3,(H2,36,41)(H,38,43)(H,39,42). The number of halogens is 6. The van der Waals surface area contributed by atoms with E-state index in [0.717, 1.165) is 18.4 Å². The molecule has 15 heteroatoms. The summed E-state index contributed by atoms with van der Waals surface area (Å²) < 4.78 is 84.5. The Morgan fingerprint density at radius 2 is 1.80 bits per heavy atom. The number of alkyl halides is 6. The number of hydrogen-bond acceptors (Lipinski definition) is 6. The van der Waals surface area contributed by atoms with Crippen molar-refractivity contribution in [3.05, 3.63) is 82.2 Å². The second-order valence-electron chi connectivity index (χ2n) is 10.3. The molecule has 0 radical (unpaired) electrons. The highest BCUT2D eigenvalue weighted by atomic mass is 19.4. The molecule has 1 aliphatic heterocycles. The van der Waals surface area contributed by atoms with Crippen molar-refractivity contribution >= 4 is 29.1 Å². The van der Waals surface area contributed by atoms with E-state index in [4.69, 9.17) is 10.3 Å². The van der Waals surface area contributed by atoms with Crippen LogP contribution in [0.1, 0.15) is 58.7 Å². The Bertz CT molecular complexity index is 1600.